The lowest BCUT2D eigenvalue weighted by Crippen LogP contribution is -2.07. The van der Waals surface area contributed by atoms with Crippen molar-refractivity contribution < 1.29 is 0 Å². The first-order valence-electron chi connectivity index (χ1n) is 3.89. The van der Waals surface area contributed by atoms with Crippen LogP contribution in [0.15, 0.2) is 28.8 Å². The smallest absolute Gasteiger partial charge is 0.107 e. The lowest BCUT2D eigenvalue weighted by atomic mass is 10.2. The molecule has 0 atom stereocenters. The summed E-state index contributed by atoms with van der Waals surface area (Å²) in [6.45, 7) is 0. The first kappa shape index (κ1) is 10.4. The molecule has 0 aromatic heterocycles. The van der Waals surface area contributed by atoms with Crippen LogP contribution < -0.4 is 4.90 Å². The van der Waals surface area contributed by atoms with E-state index in [0.717, 1.165) is 11.3 Å². The molecule has 13 heavy (non-hydrogen) atoms. The highest BCUT2D eigenvalue weighted by molar-refractivity contribution is 6.57. The Labute approximate surface area is 88.6 Å². The summed E-state index contributed by atoms with van der Waals surface area (Å²) in [5.74, 6) is 0. The molecule has 0 aliphatic carbocycles. The Bertz CT molecular complexity index is 297. The lowest BCUT2D eigenvalue weighted by molar-refractivity contribution is 1.13. The van der Waals surface area contributed by atoms with Crippen LogP contribution in [-0.2, 0) is 0 Å². The maximum atomic E-state index is 5.53. The van der Waals surface area contributed by atoms with Gasteiger partial charge in [0.1, 0.15) is 4.49 Å². The Morgan fingerprint density at radius 1 is 1.15 bits per heavy atom. The van der Waals surface area contributed by atoms with Crippen molar-refractivity contribution in [3.8, 4) is 0 Å². The number of benzene rings is 1. The number of anilines is 1. The van der Waals surface area contributed by atoms with Crippen LogP contribution in [0.1, 0.15) is 5.56 Å². The topological polar surface area (TPSA) is 3.24 Å². The first-order valence-corrected chi connectivity index (χ1v) is 4.65. The Morgan fingerprint density at radius 2 is 1.69 bits per heavy atom. The van der Waals surface area contributed by atoms with Gasteiger partial charge in [0.15, 0.2) is 0 Å². The molecule has 0 radical (unpaired) electrons. The summed E-state index contributed by atoms with van der Waals surface area (Å²) in [7, 11) is 4.00. The summed E-state index contributed by atoms with van der Waals surface area (Å²) in [6, 6.07) is 7.98. The molecule has 0 bridgehead atoms. The normalized spacial score (nSPS) is 9.54. The van der Waals surface area contributed by atoms with Crippen molar-refractivity contribution in [3.63, 3.8) is 0 Å². The number of halogens is 2. The van der Waals surface area contributed by atoms with Gasteiger partial charge in [-0.1, -0.05) is 35.3 Å². The maximum Gasteiger partial charge on any atom is 0.107 e. The fourth-order valence-corrected chi connectivity index (χ4v) is 1.25. The molecule has 0 fully saturated rings. The SMILES string of the molecule is CN(C)c1ccc(C=C(Cl)Cl)cc1. The molecular weight excluding hydrogens is 205 g/mol. The molecule has 0 amide bonds. The van der Waals surface area contributed by atoms with Crippen molar-refractivity contribution in [1.82, 2.24) is 0 Å². The van der Waals surface area contributed by atoms with Crippen molar-refractivity contribution >= 4 is 35.0 Å². The third-order valence-corrected chi connectivity index (χ3v) is 1.90. The second-order valence-electron chi connectivity index (χ2n) is 2.92. The third kappa shape index (κ3) is 3.29. The number of rotatable bonds is 2. The standard InChI is InChI=1S/C10H11Cl2N/c1-13(2)9-5-3-8(4-6-9)7-10(11)12/h3-7H,1-2H3. The van der Waals surface area contributed by atoms with Gasteiger partial charge in [-0.25, -0.2) is 0 Å². The van der Waals surface area contributed by atoms with E-state index in [1.807, 2.05) is 43.3 Å². The van der Waals surface area contributed by atoms with Gasteiger partial charge >= 0.3 is 0 Å². The van der Waals surface area contributed by atoms with Crippen molar-refractivity contribution in [2.45, 2.75) is 0 Å². The van der Waals surface area contributed by atoms with E-state index in [-0.39, 0.29) is 4.49 Å². The second-order valence-corrected chi connectivity index (χ2v) is 3.93. The van der Waals surface area contributed by atoms with E-state index in [4.69, 9.17) is 23.2 Å². The monoisotopic (exact) mass is 215 g/mol. The largest absolute Gasteiger partial charge is 0.378 e. The molecule has 1 aromatic rings. The molecule has 0 saturated heterocycles. The highest BCUT2D eigenvalue weighted by atomic mass is 35.5. The zero-order valence-corrected chi connectivity index (χ0v) is 9.10. The van der Waals surface area contributed by atoms with E-state index in [0.29, 0.717) is 0 Å². The molecule has 0 unspecified atom stereocenters. The van der Waals surface area contributed by atoms with Gasteiger partial charge in [-0.2, -0.15) is 0 Å². The Balaban J connectivity index is 2.88. The van der Waals surface area contributed by atoms with Crippen LogP contribution >= 0.6 is 23.2 Å². The second kappa shape index (κ2) is 4.54. The highest BCUT2D eigenvalue weighted by Gasteiger charge is 1.94. The quantitative estimate of drug-likeness (QED) is 0.730. The third-order valence-electron chi connectivity index (χ3n) is 1.69. The number of hydrogen-bond acceptors (Lipinski definition) is 1. The lowest BCUT2D eigenvalue weighted by Gasteiger charge is -2.11. The minimum absolute atomic E-state index is 0.276. The van der Waals surface area contributed by atoms with Crippen LogP contribution in [0.4, 0.5) is 5.69 Å². The van der Waals surface area contributed by atoms with Crippen molar-refractivity contribution in [2.24, 2.45) is 0 Å². The van der Waals surface area contributed by atoms with Crippen LogP contribution in [0.5, 0.6) is 0 Å². The molecule has 0 aliphatic rings. The zero-order chi connectivity index (χ0) is 9.84. The van der Waals surface area contributed by atoms with E-state index in [1.165, 1.54) is 0 Å². The molecular formula is C10H11Cl2N. The highest BCUT2D eigenvalue weighted by Crippen LogP contribution is 2.17. The van der Waals surface area contributed by atoms with E-state index < -0.39 is 0 Å². The number of nitrogens with zero attached hydrogens (tertiary/aromatic N) is 1. The molecule has 70 valence electrons. The van der Waals surface area contributed by atoms with Gasteiger partial charge in [0.2, 0.25) is 0 Å². The van der Waals surface area contributed by atoms with Crippen LogP contribution in [0.3, 0.4) is 0 Å². The molecule has 1 nitrogen and oxygen atoms in total. The van der Waals surface area contributed by atoms with Gasteiger partial charge in [0.05, 0.1) is 0 Å². The summed E-state index contributed by atoms with van der Waals surface area (Å²) >= 11 is 11.1. The van der Waals surface area contributed by atoms with Crippen LogP contribution in [-0.4, -0.2) is 14.1 Å². The summed E-state index contributed by atoms with van der Waals surface area (Å²) in [6.07, 6.45) is 1.71. The van der Waals surface area contributed by atoms with Crippen molar-refractivity contribution in [2.75, 3.05) is 19.0 Å². The van der Waals surface area contributed by atoms with E-state index >= 15 is 0 Å². The minimum Gasteiger partial charge on any atom is -0.378 e. The summed E-state index contributed by atoms with van der Waals surface area (Å²) in [5.41, 5.74) is 2.16. The van der Waals surface area contributed by atoms with E-state index in [2.05, 4.69) is 0 Å². The maximum absolute atomic E-state index is 5.53. The van der Waals surface area contributed by atoms with Crippen LogP contribution in [0.25, 0.3) is 6.08 Å². The van der Waals surface area contributed by atoms with Crippen LogP contribution in [0, 0.1) is 0 Å². The number of hydrogen-bond donors (Lipinski definition) is 0. The summed E-state index contributed by atoms with van der Waals surface area (Å²) in [4.78, 5) is 2.04. The summed E-state index contributed by atoms with van der Waals surface area (Å²) < 4.78 is 0.276. The molecule has 0 spiro atoms. The first-order chi connectivity index (χ1) is 6.09. The average molecular weight is 216 g/mol. The fraction of sp³-hybridized carbons (Fsp3) is 0.200. The molecule has 0 heterocycles. The van der Waals surface area contributed by atoms with Gasteiger partial charge in [0.25, 0.3) is 0 Å². The average Bonchev–Trinajstić information content (AvgIpc) is 2.04. The zero-order valence-electron chi connectivity index (χ0n) is 7.59. The molecule has 0 N–H and O–H groups in total. The van der Waals surface area contributed by atoms with Gasteiger partial charge < -0.3 is 4.90 Å². The van der Waals surface area contributed by atoms with Crippen molar-refractivity contribution in [1.29, 1.82) is 0 Å². The Hall–Kier alpha value is -0.660. The van der Waals surface area contributed by atoms with Gasteiger partial charge in [-0.3, -0.25) is 0 Å². The summed E-state index contributed by atoms with van der Waals surface area (Å²) in [5, 5.41) is 0. The molecule has 1 rings (SSSR count). The van der Waals surface area contributed by atoms with Crippen molar-refractivity contribution in [3.05, 3.63) is 34.3 Å². The molecule has 3 heteroatoms. The Kier molecular flexibility index (Phi) is 3.64. The molecule has 0 saturated carbocycles. The Morgan fingerprint density at radius 3 is 2.08 bits per heavy atom. The van der Waals surface area contributed by atoms with E-state index in [1.54, 1.807) is 6.08 Å². The van der Waals surface area contributed by atoms with E-state index in [9.17, 15) is 0 Å². The minimum atomic E-state index is 0.276. The predicted octanol–water partition coefficient (Wildman–Crippen LogP) is 3.53. The van der Waals surface area contributed by atoms with Gasteiger partial charge in [0, 0.05) is 19.8 Å². The van der Waals surface area contributed by atoms with Gasteiger partial charge in [-0.15, -0.1) is 0 Å². The molecule has 0 aliphatic heterocycles. The van der Waals surface area contributed by atoms with Gasteiger partial charge in [-0.05, 0) is 23.8 Å². The predicted molar refractivity (Wildman–Crippen MR) is 60.5 cm³/mol. The van der Waals surface area contributed by atoms with Crippen LogP contribution in [0.2, 0.25) is 0 Å². The molecule has 1 aromatic carbocycles. The fourth-order valence-electron chi connectivity index (χ4n) is 0.995.